The minimum absolute atomic E-state index is 0.703. The lowest BCUT2D eigenvalue weighted by atomic mass is 9.99. The van der Waals surface area contributed by atoms with E-state index in [-0.39, 0.29) is 0 Å². The van der Waals surface area contributed by atoms with Crippen LogP contribution in [0.3, 0.4) is 0 Å². The second kappa shape index (κ2) is 14.1. The number of aromatic nitrogens is 1. The Morgan fingerprint density at radius 3 is 1.88 bits per heavy atom. The smallest absolute Gasteiger partial charge is 0.154 e. The van der Waals surface area contributed by atoms with Gasteiger partial charge < -0.3 is 4.57 Å². The summed E-state index contributed by atoms with van der Waals surface area (Å²) >= 11 is 0. The van der Waals surface area contributed by atoms with Crippen molar-refractivity contribution in [2.24, 2.45) is 9.98 Å². The fraction of sp³-hybridized carbons (Fsp3) is 0.0667. The molecular weight excluding hydrogens is 583 g/mol. The molecule has 6 aromatic carbocycles. The highest BCUT2D eigenvalue weighted by molar-refractivity contribution is 6.18. The van der Waals surface area contributed by atoms with Crippen LogP contribution in [0.1, 0.15) is 29.2 Å². The van der Waals surface area contributed by atoms with Gasteiger partial charge in [0.15, 0.2) is 5.84 Å². The van der Waals surface area contributed by atoms with Crippen LogP contribution >= 0.6 is 0 Å². The molecule has 0 unspecified atom stereocenters. The third-order valence-corrected chi connectivity index (χ3v) is 8.75. The van der Waals surface area contributed by atoms with Crippen LogP contribution in [0.2, 0.25) is 0 Å². The Balaban J connectivity index is 1.13. The summed E-state index contributed by atoms with van der Waals surface area (Å²) in [6.07, 6.45) is 10.9. The zero-order valence-electron chi connectivity index (χ0n) is 27.3. The number of hydrogen-bond acceptors (Lipinski definition) is 1. The maximum Gasteiger partial charge on any atom is 0.154 e. The van der Waals surface area contributed by atoms with Gasteiger partial charge in [-0.15, -0.1) is 0 Å². The highest BCUT2D eigenvalue weighted by atomic mass is 15.0. The Morgan fingerprint density at radius 1 is 0.604 bits per heavy atom. The Kier molecular flexibility index (Phi) is 9.02. The molecule has 48 heavy (non-hydrogen) atoms. The SMILES string of the molecule is C/C=C(\C=C/Cn1c2ccccc2c2ccccc21)c1ccc2cc(/C=C/C(=NC(=NC)c3ccccc3)c3ccccc3)ccc2c1. The molecular formula is C45H37N3. The van der Waals surface area contributed by atoms with Crippen molar-refractivity contribution in [2.45, 2.75) is 13.5 Å². The molecule has 0 N–H and O–H groups in total. The Hall–Kier alpha value is -6.06. The molecule has 3 heteroatoms. The van der Waals surface area contributed by atoms with Crippen LogP contribution in [0.25, 0.3) is 44.2 Å². The van der Waals surface area contributed by atoms with E-state index >= 15 is 0 Å². The molecule has 7 aromatic rings. The van der Waals surface area contributed by atoms with Gasteiger partial charge in [-0.2, -0.15) is 0 Å². The summed E-state index contributed by atoms with van der Waals surface area (Å²) in [4.78, 5) is 9.48. The molecule has 0 saturated carbocycles. The largest absolute Gasteiger partial charge is 0.337 e. The molecule has 0 spiro atoms. The Labute approximate surface area is 282 Å². The first-order valence-electron chi connectivity index (χ1n) is 16.4. The van der Waals surface area contributed by atoms with Gasteiger partial charge in [0, 0.05) is 46.5 Å². The lowest BCUT2D eigenvalue weighted by molar-refractivity contribution is 0.899. The van der Waals surface area contributed by atoms with Crippen LogP contribution in [-0.2, 0) is 6.54 Å². The standard InChI is InChI=1S/C45H37N3/c1-3-34(19-14-30-48-43-22-12-10-20-40(43)41-21-11-13-23-44(41)48)38-28-27-37-31-33(24-26-39(37)32-38)25-29-42(35-15-6-4-7-16-35)47-45(46-2)36-17-8-5-9-18-36/h3-29,31-32H,30H2,1-2H3/b19-14-,29-25+,34-3+,46-45?,47-42?. The molecule has 0 bridgehead atoms. The van der Waals surface area contributed by atoms with Crippen molar-refractivity contribution < 1.29 is 0 Å². The van der Waals surface area contributed by atoms with Gasteiger partial charge in [-0.1, -0.05) is 146 Å². The molecule has 0 radical (unpaired) electrons. The maximum absolute atomic E-state index is 4.99. The predicted molar refractivity (Wildman–Crippen MR) is 207 cm³/mol. The second-order valence-electron chi connectivity index (χ2n) is 11.7. The first-order chi connectivity index (χ1) is 23.7. The molecule has 7 rings (SSSR count). The monoisotopic (exact) mass is 619 g/mol. The zero-order valence-corrected chi connectivity index (χ0v) is 27.3. The summed E-state index contributed by atoms with van der Waals surface area (Å²) in [6, 6.07) is 51.0. The van der Waals surface area contributed by atoms with Crippen LogP contribution in [0, 0.1) is 0 Å². The molecule has 0 atom stereocenters. The molecule has 232 valence electrons. The van der Waals surface area contributed by atoms with E-state index in [4.69, 9.17) is 4.99 Å². The van der Waals surface area contributed by atoms with Gasteiger partial charge >= 0.3 is 0 Å². The topological polar surface area (TPSA) is 29.6 Å². The second-order valence-corrected chi connectivity index (χ2v) is 11.7. The van der Waals surface area contributed by atoms with Crippen LogP contribution in [0.4, 0.5) is 0 Å². The van der Waals surface area contributed by atoms with Gasteiger partial charge in [0.25, 0.3) is 0 Å². The van der Waals surface area contributed by atoms with E-state index in [1.165, 1.54) is 43.7 Å². The summed E-state index contributed by atoms with van der Waals surface area (Å²) in [5, 5.41) is 5.00. The van der Waals surface area contributed by atoms with Crippen molar-refractivity contribution in [2.75, 3.05) is 7.05 Å². The van der Waals surface area contributed by atoms with Crippen molar-refractivity contribution >= 4 is 55.8 Å². The van der Waals surface area contributed by atoms with Crippen molar-refractivity contribution in [3.63, 3.8) is 0 Å². The number of rotatable bonds is 8. The van der Waals surface area contributed by atoms with Gasteiger partial charge in [0.05, 0.1) is 5.71 Å². The summed E-state index contributed by atoms with van der Waals surface area (Å²) < 4.78 is 2.40. The summed E-state index contributed by atoms with van der Waals surface area (Å²) in [7, 11) is 1.79. The van der Waals surface area contributed by atoms with E-state index in [2.05, 4.69) is 144 Å². The van der Waals surface area contributed by atoms with Crippen LogP contribution in [0.15, 0.2) is 180 Å². The number of amidine groups is 1. The van der Waals surface area contributed by atoms with Gasteiger partial charge in [-0.05, 0) is 64.7 Å². The van der Waals surface area contributed by atoms with Crippen molar-refractivity contribution in [1.29, 1.82) is 0 Å². The average molecular weight is 620 g/mol. The van der Waals surface area contributed by atoms with Crippen LogP contribution in [0.5, 0.6) is 0 Å². The van der Waals surface area contributed by atoms with Crippen molar-refractivity contribution in [3.05, 3.63) is 192 Å². The first kappa shape index (κ1) is 30.6. The Bertz CT molecular complexity index is 2320. The molecule has 0 fully saturated rings. The number of allylic oxidation sites excluding steroid dienone is 5. The summed E-state index contributed by atoms with van der Waals surface area (Å²) in [5.41, 5.74) is 8.95. The molecule has 1 heterocycles. The first-order valence-corrected chi connectivity index (χ1v) is 16.4. The fourth-order valence-electron chi connectivity index (χ4n) is 6.32. The minimum atomic E-state index is 0.703. The molecule has 3 nitrogen and oxygen atoms in total. The molecule has 0 saturated heterocycles. The van der Waals surface area contributed by atoms with Crippen molar-refractivity contribution in [3.8, 4) is 0 Å². The molecule has 0 amide bonds. The van der Waals surface area contributed by atoms with Gasteiger partial charge in [-0.3, -0.25) is 4.99 Å². The predicted octanol–water partition coefficient (Wildman–Crippen LogP) is 11.2. The zero-order chi connectivity index (χ0) is 32.7. The van der Waals surface area contributed by atoms with Crippen LogP contribution < -0.4 is 0 Å². The minimum Gasteiger partial charge on any atom is -0.337 e. The number of fused-ring (bicyclic) bond motifs is 4. The number of nitrogens with zero attached hydrogens (tertiary/aromatic N) is 3. The van der Waals surface area contributed by atoms with Crippen LogP contribution in [-0.4, -0.2) is 23.2 Å². The van der Waals surface area contributed by atoms with Gasteiger partial charge in [0.2, 0.25) is 0 Å². The number of hydrogen-bond donors (Lipinski definition) is 0. The number of aliphatic imine (C=N–C) groups is 2. The molecule has 0 aliphatic rings. The molecule has 0 aliphatic heterocycles. The van der Waals surface area contributed by atoms with E-state index in [0.29, 0.717) is 5.84 Å². The normalized spacial score (nSPS) is 13.1. The fourth-order valence-corrected chi connectivity index (χ4v) is 6.32. The summed E-state index contributed by atoms with van der Waals surface area (Å²) in [5.74, 6) is 0.703. The lowest BCUT2D eigenvalue weighted by Crippen LogP contribution is -2.04. The quantitative estimate of drug-likeness (QED) is 0.0920. The van der Waals surface area contributed by atoms with E-state index in [0.717, 1.165) is 28.9 Å². The molecule has 0 aliphatic carbocycles. The van der Waals surface area contributed by atoms with E-state index in [1.807, 2.05) is 48.5 Å². The molecule has 1 aromatic heterocycles. The van der Waals surface area contributed by atoms with E-state index in [1.54, 1.807) is 7.05 Å². The lowest BCUT2D eigenvalue weighted by Gasteiger charge is -2.08. The van der Waals surface area contributed by atoms with E-state index in [9.17, 15) is 0 Å². The van der Waals surface area contributed by atoms with Gasteiger partial charge in [-0.25, -0.2) is 4.99 Å². The average Bonchev–Trinajstić information content (AvgIpc) is 3.47. The van der Waals surface area contributed by atoms with Gasteiger partial charge in [0.1, 0.15) is 0 Å². The Morgan fingerprint density at radius 2 is 1.21 bits per heavy atom. The highest BCUT2D eigenvalue weighted by Crippen LogP contribution is 2.29. The number of benzene rings is 6. The maximum atomic E-state index is 4.99. The third-order valence-electron chi connectivity index (χ3n) is 8.75. The summed E-state index contributed by atoms with van der Waals surface area (Å²) in [6.45, 7) is 2.91. The highest BCUT2D eigenvalue weighted by Gasteiger charge is 2.09. The number of para-hydroxylation sites is 2. The van der Waals surface area contributed by atoms with E-state index < -0.39 is 0 Å². The van der Waals surface area contributed by atoms with Crippen molar-refractivity contribution in [1.82, 2.24) is 4.57 Å². The third kappa shape index (κ3) is 6.44.